The third kappa shape index (κ3) is 4.24. The quantitative estimate of drug-likeness (QED) is 0.830. The smallest absolute Gasteiger partial charge is 0.238 e. The van der Waals surface area contributed by atoms with Crippen molar-refractivity contribution >= 4 is 11.6 Å². The molecule has 0 heterocycles. The number of anilines is 1. The molecule has 3 heteroatoms. The number of benzene rings is 2. The van der Waals surface area contributed by atoms with Gasteiger partial charge in [0.25, 0.3) is 0 Å². The van der Waals surface area contributed by atoms with E-state index in [1.54, 1.807) is 0 Å². The summed E-state index contributed by atoms with van der Waals surface area (Å²) in [6.07, 6.45) is 3.32. The Morgan fingerprint density at radius 1 is 1.12 bits per heavy atom. The molecular weight excluding hydrogens is 296 g/mol. The molecule has 1 N–H and O–H groups in total. The van der Waals surface area contributed by atoms with Gasteiger partial charge in [-0.1, -0.05) is 55.5 Å². The molecule has 126 valence electrons. The number of carbonyl (C=O) groups is 1. The highest BCUT2D eigenvalue weighted by Crippen LogP contribution is 2.28. The van der Waals surface area contributed by atoms with Gasteiger partial charge < -0.3 is 5.32 Å². The molecule has 0 aromatic heterocycles. The van der Waals surface area contributed by atoms with Crippen molar-refractivity contribution in [3.05, 3.63) is 65.2 Å². The highest BCUT2D eigenvalue weighted by atomic mass is 16.2. The number of amides is 1. The van der Waals surface area contributed by atoms with Crippen LogP contribution in [0.2, 0.25) is 0 Å². The average molecular weight is 322 g/mol. The summed E-state index contributed by atoms with van der Waals surface area (Å²) in [6.45, 7) is 5.47. The van der Waals surface area contributed by atoms with Crippen LogP contribution in [-0.4, -0.2) is 23.4 Å². The van der Waals surface area contributed by atoms with Gasteiger partial charge in [0.05, 0.1) is 6.54 Å². The Morgan fingerprint density at radius 2 is 1.88 bits per heavy atom. The Hall–Kier alpha value is -2.13. The first kappa shape index (κ1) is 16.7. The maximum Gasteiger partial charge on any atom is 0.238 e. The maximum absolute atomic E-state index is 12.6. The van der Waals surface area contributed by atoms with Gasteiger partial charge in [0.15, 0.2) is 0 Å². The lowest BCUT2D eigenvalue weighted by Crippen LogP contribution is -2.34. The lowest BCUT2D eigenvalue weighted by Gasteiger charge is -2.22. The first-order valence-corrected chi connectivity index (χ1v) is 8.83. The first-order valence-electron chi connectivity index (χ1n) is 8.83. The molecular formula is C21H26N2O. The Morgan fingerprint density at radius 3 is 2.54 bits per heavy atom. The second-order valence-electron chi connectivity index (χ2n) is 6.63. The zero-order valence-corrected chi connectivity index (χ0v) is 14.6. The summed E-state index contributed by atoms with van der Waals surface area (Å²) in [7, 11) is 0. The van der Waals surface area contributed by atoms with E-state index in [0.29, 0.717) is 12.6 Å². The van der Waals surface area contributed by atoms with Crippen molar-refractivity contribution in [2.45, 2.75) is 45.7 Å². The van der Waals surface area contributed by atoms with Crippen LogP contribution in [0, 0.1) is 6.92 Å². The number of para-hydroxylation sites is 1. The van der Waals surface area contributed by atoms with Crippen molar-refractivity contribution in [2.75, 3.05) is 11.9 Å². The van der Waals surface area contributed by atoms with Crippen molar-refractivity contribution in [3.63, 3.8) is 0 Å². The molecule has 24 heavy (non-hydrogen) atoms. The second kappa shape index (κ2) is 7.63. The van der Waals surface area contributed by atoms with Gasteiger partial charge in [-0.3, -0.25) is 9.69 Å². The summed E-state index contributed by atoms with van der Waals surface area (Å²) in [4.78, 5) is 14.9. The molecule has 0 saturated heterocycles. The Balaban J connectivity index is 1.66. The molecule has 1 amide bonds. The van der Waals surface area contributed by atoms with Gasteiger partial charge in [-0.2, -0.15) is 0 Å². The third-order valence-electron chi connectivity index (χ3n) is 4.64. The number of rotatable bonds is 7. The van der Waals surface area contributed by atoms with Gasteiger partial charge in [-0.25, -0.2) is 0 Å². The molecule has 1 saturated carbocycles. The Bertz CT molecular complexity index is 692. The third-order valence-corrected chi connectivity index (χ3v) is 4.64. The molecule has 0 radical (unpaired) electrons. The average Bonchev–Trinajstić information content (AvgIpc) is 3.42. The summed E-state index contributed by atoms with van der Waals surface area (Å²) < 4.78 is 0. The van der Waals surface area contributed by atoms with Crippen molar-refractivity contribution in [1.29, 1.82) is 0 Å². The zero-order chi connectivity index (χ0) is 16.9. The van der Waals surface area contributed by atoms with Crippen molar-refractivity contribution in [2.24, 2.45) is 0 Å². The zero-order valence-electron chi connectivity index (χ0n) is 14.6. The van der Waals surface area contributed by atoms with Crippen molar-refractivity contribution in [3.8, 4) is 0 Å². The number of carbonyl (C=O) groups excluding carboxylic acids is 1. The molecule has 1 fully saturated rings. The van der Waals surface area contributed by atoms with E-state index in [9.17, 15) is 4.79 Å². The van der Waals surface area contributed by atoms with Crippen LogP contribution in [0.25, 0.3) is 0 Å². The molecule has 1 aliphatic rings. The number of hydrogen-bond acceptors (Lipinski definition) is 2. The predicted octanol–water partition coefficient (Wildman–Crippen LogP) is 4.16. The van der Waals surface area contributed by atoms with Crippen LogP contribution in [-0.2, 0) is 17.8 Å². The fraction of sp³-hybridized carbons (Fsp3) is 0.381. The molecule has 2 aromatic carbocycles. The van der Waals surface area contributed by atoms with Crippen LogP contribution >= 0.6 is 0 Å². The van der Waals surface area contributed by atoms with Crippen LogP contribution in [0.4, 0.5) is 5.69 Å². The van der Waals surface area contributed by atoms with Crippen molar-refractivity contribution < 1.29 is 4.79 Å². The van der Waals surface area contributed by atoms with E-state index in [-0.39, 0.29) is 5.91 Å². The fourth-order valence-electron chi connectivity index (χ4n) is 3.14. The number of aryl methyl sites for hydroxylation is 2. The Kier molecular flexibility index (Phi) is 5.31. The second-order valence-corrected chi connectivity index (χ2v) is 6.63. The largest absolute Gasteiger partial charge is 0.324 e. The van der Waals surface area contributed by atoms with E-state index in [1.807, 2.05) is 6.07 Å². The highest BCUT2D eigenvalue weighted by Gasteiger charge is 2.30. The highest BCUT2D eigenvalue weighted by molar-refractivity contribution is 5.93. The maximum atomic E-state index is 12.6. The molecule has 2 aromatic rings. The molecule has 0 atom stereocenters. The molecule has 0 bridgehead atoms. The summed E-state index contributed by atoms with van der Waals surface area (Å²) in [5.74, 6) is 0.0850. The fourth-order valence-corrected chi connectivity index (χ4v) is 3.14. The number of hydrogen-bond donors (Lipinski definition) is 1. The standard InChI is InChI=1S/C21H26N2O/c1-3-18-11-7-8-16(2)21(18)22-20(24)15-23(19-12-13-19)14-17-9-5-4-6-10-17/h4-11,19H,3,12-15H2,1-2H3,(H,22,24). The van der Waals surface area contributed by atoms with Crippen LogP contribution in [0.5, 0.6) is 0 Å². The topological polar surface area (TPSA) is 32.3 Å². The van der Waals surface area contributed by atoms with Crippen LogP contribution < -0.4 is 5.32 Å². The minimum Gasteiger partial charge on any atom is -0.324 e. The van der Waals surface area contributed by atoms with Gasteiger partial charge >= 0.3 is 0 Å². The van der Waals surface area contributed by atoms with Crippen LogP contribution in [0.15, 0.2) is 48.5 Å². The van der Waals surface area contributed by atoms with Gasteiger partial charge in [0.2, 0.25) is 5.91 Å². The van der Waals surface area contributed by atoms with E-state index >= 15 is 0 Å². The molecule has 0 spiro atoms. The van der Waals surface area contributed by atoms with Crippen LogP contribution in [0.1, 0.15) is 36.5 Å². The van der Waals surface area contributed by atoms with Crippen LogP contribution in [0.3, 0.4) is 0 Å². The van der Waals surface area contributed by atoms with Gasteiger partial charge in [0, 0.05) is 18.3 Å². The lowest BCUT2D eigenvalue weighted by atomic mass is 10.1. The summed E-state index contributed by atoms with van der Waals surface area (Å²) in [5, 5.41) is 3.15. The normalized spacial score (nSPS) is 14.0. The number of nitrogens with one attached hydrogen (secondary N) is 1. The summed E-state index contributed by atoms with van der Waals surface area (Å²) >= 11 is 0. The first-order chi connectivity index (χ1) is 11.7. The minimum absolute atomic E-state index is 0.0850. The monoisotopic (exact) mass is 322 g/mol. The van der Waals surface area contributed by atoms with E-state index in [0.717, 1.165) is 24.2 Å². The molecule has 3 rings (SSSR count). The van der Waals surface area contributed by atoms with Gasteiger partial charge in [-0.15, -0.1) is 0 Å². The van der Waals surface area contributed by atoms with E-state index in [1.165, 1.54) is 24.0 Å². The van der Waals surface area contributed by atoms with Crippen molar-refractivity contribution in [1.82, 2.24) is 4.90 Å². The SMILES string of the molecule is CCc1cccc(C)c1NC(=O)CN(Cc1ccccc1)C1CC1. The molecule has 3 nitrogen and oxygen atoms in total. The number of nitrogens with zero attached hydrogens (tertiary/aromatic N) is 1. The molecule has 0 unspecified atom stereocenters. The van der Waals surface area contributed by atoms with E-state index in [2.05, 4.69) is 66.5 Å². The van der Waals surface area contributed by atoms with E-state index in [4.69, 9.17) is 0 Å². The van der Waals surface area contributed by atoms with Gasteiger partial charge in [0.1, 0.15) is 0 Å². The predicted molar refractivity (Wildman–Crippen MR) is 99.1 cm³/mol. The molecule has 1 aliphatic carbocycles. The summed E-state index contributed by atoms with van der Waals surface area (Å²) in [5.41, 5.74) is 4.58. The summed E-state index contributed by atoms with van der Waals surface area (Å²) in [6, 6.07) is 17.1. The Labute approximate surface area is 144 Å². The van der Waals surface area contributed by atoms with Gasteiger partial charge in [-0.05, 0) is 42.9 Å². The minimum atomic E-state index is 0.0850. The molecule has 0 aliphatic heterocycles. The van der Waals surface area contributed by atoms with E-state index < -0.39 is 0 Å². The lowest BCUT2D eigenvalue weighted by molar-refractivity contribution is -0.117.